The molecule has 0 aromatic carbocycles. The lowest BCUT2D eigenvalue weighted by molar-refractivity contribution is 0.497. The van der Waals surface area contributed by atoms with E-state index >= 15 is 0 Å². The van der Waals surface area contributed by atoms with Gasteiger partial charge in [-0.2, -0.15) is 0 Å². The molecule has 0 radical (unpaired) electrons. The van der Waals surface area contributed by atoms with Gasteiger partial charge in [0.25, 0.3) is 0 Å². The second-order valence-electron chi connectivity index (χ2n) is 3.80. The summed E-state index contributed by atoms with van der Waals surface area (Å²) < 4.78 is 32.5. The zero-order valence-corrected chi connectivity index (χ0v) is 10.5. The number of nitrogens with zero attached hydrogens (tertiary/aromatic N) is 1. The molecule has 0 rings (SSSR count). The summed E-state index contributed by atoms with van der Waals surface area (Å²) in [6.07, 6.45) is 4.45. The van der Waals surface area contributed by atoms with E-state index in [0.717, 1.165) is 30.0 Å². The Morgan fingerprint density at radius 2 is 1.86 bits per heavy atom. The van der Waals surface area contributed by atoms with E-state index in [0.29, 0.717) is 6.42 Å². The van der Waals surface area contributed by atoms with Gasteiger partial charge in [-0.05, 0) is 13.3 Å². The first-order valence-electron chi connectivity index (χ1n) is 5.68. The minimum Gasteiger partial charge on any atom is -0.212 e. The zero-order chi connectivity index (χ0) is 12.1. The van der Waals surface area contributed by atoms with Gasteiger partial charge in [-0.3, -0.25) is 0 Å². The Labute approximate surface area is 89.9 Å². The fourth-order valence-electron chi connectivity index (χ4n) is 1.24. The van der Waals surface area contributed by atoms with Gasteiger partial charge in [0.15, 0.2) is 0 Å². The molecule has 0 fully saturated rings. The Kier molecular flexibility index (Phi) is 5.48. The summed E-state index contributed by atoms with van der Waals surface area (Å²) in [6.45, 7) is 3.59. The van der Waals surface area contributed by atoms with Gasteiger partial charge in [-0.25, -0.2) is 12.7 Å². The summed E-state index contributed by atoms with van der Waals surface area (Å²) in [7, 11) is -0.503. The van der Waals surface area contributed by atoms with Crippen LogP contribution in [0.3, 0.4) is 0 Å². The number of rotatable bonds is 7. The summed E-state index contributed by atoms with van der Waals surface area (Å²) in [5.41, 5.74) is 0. The molecule has 0 amide bonds. The largest absolute Gasteiger partial charge is 0.216 e. The van der Waals surface area contributed by atoms with E-state index in [1.807, 2.05) is 0 Å². The van der Waals surface area contributed by atoms with E-state index in [1.165, 1.54) is 21.0 Å². The molecule has 0 N–H and O–H groups in total. The van der Waals surface area contributed by atoms with Crippen molar-refractivity contribution < 1.29 is 9.79 Å². The van der Waals surface area contributed by atoms with Crippen LogP contribution in [0.25, 0.3) is 0 Å². The minimum atomic E-state index is -3.46. The van der Waals surface area contributed by atoms with Gasteiger partial charge < -0.3 is 0 Å². The van der Waals surface area contributed by atoms with Crippen molar-refractivity contribution in [2.45, 2.75) is 51.2 Å². The summed E-state index contributed by atoms with van der Waals surface area (Å²) in [6, 6.07) is 0. The predicted molar refractivity (Wildman–Crippen MR) is 60.8 cm³/mol. The van der Waals surface area contributed by atoms with Crippen LogP contribution in [0.2, 0.25) is 0 Å². The first-order chi connectivity index (χ1) is 6.75. The number of unbranched alkanes of at least 4 members (excludes halogenated alkanes) is 3. The summed E-state index contributed by atoms with van der Waals surface area (Å²) in [4.78, 5) is 0. The molecule has 0 saturated heterocycles. The van der Waals surface area contributed by atoms with Crippen LogP contribution in [0.4, 0.5) is 0 Å². The Hall–Kier alpha value is -0.0900. The molecule has 0 saturated carbocycles. The molecule has 86 valence electrons. The maximum atomic E-state index is 11.8. The van der Waals surface area contributed by atoms with Crippen molar-refractivity contribution in [1.82, 2.24) is 4.31 Å². The predicted octanol–water partition coefficient (Wildman–Crippen LogP) is 2.24. The van der Waals surface area contributed by atoms with Crippen LogP contribution in [0.1, 0.15) is 47.3 Å². The van der Waals surface area contributed by atoms with Gasteiger partial charge in [0.1, 0.15) is 0 Å². The number of hydrogen-bond acceptors (Lipinski definition) is 2. The van der Waals surface area contributed by atoms with Crippen molar-refractivity contribution in [2.24, 2.45) is 0 Å². The van der Waals surface area contributed by atoms with Crippen LogP contribution < -0.4 is 0 Å². The Balaban J connectivity index is 4.30. The molecule has 0 aliphatic heterocycles. The third-order valence-corrected chi connectivity index (χ3v) is 4.35. The normalized spacial score (nSPS) is 17.9. The Bertz CT molecular complexity index is 273. The van der Waals surface area contributed by atoms with E-state index in [1.54, 1.807) is 0 Å². The van der Waals surface area contributed by atoms with Crippen molar-refractivity contribution in [3.05, 3.63) is 0 Å². The van der Waals surface area contributed by atoms with Crippen LogP contribution in [-0.4, -0.2) is 32.0 Å². The Morgan fingerprint density at radius 3 is 2.29 bits per heavy atom. The molecule has 0 aromatic rings. The van der Waals surface area contributed by atoms with Gasteiger partial charge >= 0.3 is 0 Å². The number of sulfonamides is 1. The van der Waals surface area contributed by atoms with E-state index < -0.39 is 15.2 Å². The van der Waals surface area contributed by atoms with Crippen molar-refractivity contribution >= 4 is 10.0 Å². The molecule has 0 aromatic heterocycles. The molecule has 14 heavy (non-hydrogen) atoms. The van der Waals surface area contributed by atoms with Crippen LogP contribution >= 0.6 is 0 Å². The molecule has 0 bridgehead atoms. The lowest BCUT2D eigenvalue weighted by atomic mass is 10.1. The summed E-state index contributed by atoms with van der Waals surface area (Å²) in [5.74, 6) is 0. The lowest BCUT2D eigenvalue weighted by Crippen LogP contribution is -2.31. The molecular formula is C10H23NO2S. The van der Waals surface area contributed by atoms with Crippen molar-refractivity contribution in [2.75, 3.05) is 14.1 Å². The molecule has 3 nitrogen and oxygen atoms in total. The molecule has 0 spiro atoms. The highest BCUT2D eigenvalue weighted by molar-refractivity contribution is 7.89. The number of hydrogen-bond donors (Lipinski definition) is 0. The second kappa shape index (κ2) is 6.40. The summed E-state index contributed by atoms with van der Waals surface area (Å²) in [5, 5.41) is -1.38. The monoisotopic (exact) mass is 222 g/mol. The average Bonchev–Trinajstić information content (AvgIpc) is 2.12. The van der Waals surface area contributed by atoms with E-state index in [9.17, 15) is 8.42 Å². The highest BCUT2D eigenvalue weighted by Crippen LogP contribution is 2.13. The van der Waals surface area contributed by atoms with Crippen LogP contribution in [0.5, 0.6) is 0 Å². The quantitative estimate of drug-likeness (QED) is 0.619. The Morgan fingerprint density at radius 1 is 1.29 bits per heavy atom. The van der Waals surface area contributed by atoms with Crippen LogP contribution in [0, 0.1) is 0 Å². The van der Waals surface area contributed by atoms with Crippen molar-refractivity contribution in [1.29, 1.82) is 0 Å². The van der Waals surface area contributed by atoms with Gasteiger partial charge in [-0.1, -0.05) is 32.6 Å². The fourth-order valence-corrected chi connectivity index (χ4v) is 2.27. The first-order valence-corrected chi connectivity index (χ1v) is 6.62. The maximum Gasteiger partial charge on any atom is 0.216 e. The van der Waals surface area contributed by atoms with Crippen LogP contribution in [0.15, 0.2) is 0 Å². The molecular weight excluding hydrogens is 198 g/mol. The second-order valence-corrected chi connectivity index (χ2v) is 6.18. The standard InChI is InChI=1S/C10H23NO2S/c1-5-6-7-8-9-10(2)14(12,13)11(3)4/h10H,5-9H2,1-4H3/t10-/m0/s1/i10D. The molecule has 1 atom stereocenters. The van der Waals surface area contributed by atoms with Crippen LogP contribution in [-0.2, 0) is 10.0 Å². The molecule has 0 aliphatic rings. The minimum absolute atomic E-state index is 0.410. The van der Waals surface area contributed by atoms with E-state index in [-0.39, 0.29) is 0 Å². The van der Waals surface area contributed by atoms with Gasteiger partial charge in [0, 0.05) is 15.5 Å². The van der Waals surface area contributed by atoms with E-state index in [4.69, 9.17) is 1.37 Å². The molecule has 0 aliphatic carbocycles. The van der Waals surface area contributed by atoms with E-state index in [2.05, 4.69) is 6.92 Å². The first kappa shape index (κ1) is 12.0. The third kappa shape index (κ3) is 4.42. The molecule has 0 unspecified atom stereocenters. The maximum absolute atomic E-state index is 11.8. The lowest BCUT2D eigenvalue weighted by Gasteiger charge is -2.17. The average molecular weight is 222 g/mol. The van der Waals surface area contributed by atoms with Gasteiger partial charge in [-0.15, -0.1) is 0 Å². The zero-order valence-electron chi connectivity index (χ0n) is 10.7. The SMILES string of the molecule is [2H][C@](C)(CCCCCC)S(=O)(=O)N(C)C. The smallest absolute Gasteiger partial charge is 0.212 e. The van der Waals surface area contributed by atoms with Gasteiger partial charge in [0.2, 0.25) is 10.0 Å². The van der Waals surface area contributed by atoms with Crippen molar-refractivity contribution in [3.8, 4) is 0 Å². The molecule has 4 heteroatoms. The topological polar surface area (TPSA) is 37.4 Å². The highest BCUT2D eigenvalue weighted by atomic mass is 32.2. The van der Waals surface area contributed by atoms with Crippen molar-refractivity contribution in [3.63, 3.8) is 0 Å². The fraction of sp³-hybridized carbons (Fsp3) is 1.00. The third-order valence-electron chi connectivity index (χ3n) is 2.30. The molecule has 0 heterocycles. The highest BCUT2D eigenvalue weighted by Gasteiger charge is 2.22. The summed E-state index contributed by atoms with van der Waals surface area (Å²) >= 11 is 0. The van der Waals surface area contributed by atoms with Gasteiger partial charge in [0.05, 0.1) is 5.23 Å².